The van der Waals surface area contributed by atoms with Crippen molar-refractivity contribution in [1.29, 1.82) is 0 Å². The lowest BCUT2D eigenvalue weighted by Gasteiger charge is -2.40. The van der Waals surface area contributed by atoms with Crippen molar-refractivity contribution in [2.24, 2.45) is 5.92 Å². The first-order chi connectivity index (χ1) is 17.4. The predicted octanol–water partition coefficient (Wildman–Crippen LogP) is 5.75. The number of anilines is 1. The number of halogens is 1. The topological polar surface area (TPSA) is 99.1 Å². The van der Waals surface area contributed by atoms with Crippen molar-refractivity contribution < 1.29 is 27.8 Å². The van der Waals surface area contributed by atoms with Crippen LogP contribution in [-0.4, -0.2) is 51.0 Å². The summed E-state index contributed by atoms with van der Waals surface area (Å²) in [6, 6.07) is 9.31. The summed E-state index contributed by atoms with van der Waals surface area (Å²) in [7, 11) is -0.946. The molecule has 4 rings (SSSR count). The van der Waals surface area contributed by atoms with Gasteiger partial charge in [0.2, 0.25) is 5.91 Å². The number of benzene rings is 2. The molecule has 2 aliphatic heterocycles. The number of nitrogens with one attached hydrogen (secondary N) is 1. The molecule has 1 saturated heterocycles. The Hall–Kier alpha value is -2.62. The second kappa shape index (κ2) is 10.6. The van der Waals surface area contributed by atoms with E-state index in [0.29, 0.717) is 54.3 Å². The monoisotopic (exact) mass is 532 g/mol. The van der Waals surface area contributed by atoms with E-state index >= 15 is 0 Å². The summed E-state index contributed by atoms with van der Waals surface area (Å²) >= 11 is 0. The lowest BCUT2D eigenvalue weighted by Crippen LogP contribution is -2.46. The third-order valence-corrected chi connectivity index (χ3v) is 9.14. The normalized spacial score (nSPS) is 20.6. The van der Waals surface area contributed by atoms with Crippen molar-refractivity contribution in [3.8, 4) is 5.75 Å². The van der Waals surface area contributed by atoms with E-state index in [4.69, 9.17) is 4.74 Å². The summed E-state index contributed by atoms with van der Waals surface area (Å²) in [5, 5.41) is 2.83. The molecule has 2 heterocycles. The van der Waals surface area contributed by atoms with Crippen LogP contribution in [-0.2, 0) is 21.4 Å². The van der Waals surface area contributed by atoms with Crippen LogP contribution in [0.1, 0.15) is 62.8 Å². The van der Waals surface area contributed by atoms with Gasteiger partial charge in [0.15, 0.2) is 0 Å². The van der Waals surface area contributed by atoms with Crippen LogP contribution in [0.5, 0.6) is 5.75 Å². The van der Waals surface area contributed by atoms with E-state index in [-0.39, 0.29) is 23.7 Å². The maximum Gasteiger partial charge on any atom is 0.251 e. The molecule has 2 aliphatic rings. The van der Waals surface area contributed by atoms with Crippen molar-refractivity contribution in [1.82, 2.24) is 4.90 Å². The average Bonchev–Trinajstić information content (AvgIpc) is 2.83. The summed E-state index contributed by atoms with van der Waals surface area (Å²) in [5.74, 6) is 0.419. The Labute approximate surface area is 219 Å². The number of nitrogens with zero attached hydrogens (tertiary/aromatic N) is 1. The Morgan fingerprint density at radius 2 is 1.84 bits per heavy atom. The lowest BCUT2D eigenvalue weighted by atomic mass is 9.86. The Kier molecular flexibility index (Phi) is 7.88. The molecule has 37 heavy (non-hydrogen) atoms. The summed E-state index contributed by atoms with van der Waals surface area (Å²) in [6.07, 6.45) is 1.99. The standard InChI is InChI=1S/C28H37FN2O5S/c1-28(2,3)23-8-5-20(17-24(23)29)30-27(33)26-22-7-6-21(36-4)16-19(22)9-12-31(26)25(32)15-18-10-13-37(34,35)14-11-18/h5-8,16-18,26,34-35H,9-15H2,1-4H3,(H,30,33)/t26-/m1/s1. The van der Waals surface area contributed by atoms with E-state index in [2.05, 4.69) is 5.32 Å². The first-order valence-corrected chi connectivity index (χ1v) is 14.6. The van der Waals surface area contributed by atoms with E-state index in [1.165, 1.54) is 6.07 Å². The number of fused-ring (bicyclic) bond motifs is 1. The lowest BCUT2D eigenvalue weighted by molar-refractivity contribution is -0.140. The number of carbonyl (C=O) groups excluding carboxylic acids is 2. The average molecular weight is 533 g/mol. The second-order valence-corrected chi connectivity index (χ2v) is 13.5. The zero-order chi connectivity index (χ0) is 27.0. The van der Waals surface area contributed by atoms with Crippen LogP contribution in [0.15, 0.2) is 36.4 Å². The van der Waals surface area contributed by atoms with Crippen LogP contribution in [0.4, 0.5) is 10.1 Å². The number of ether oxygens (including phenoxy) is 1. The molecule has 2 aromatic rings. The Morgan fingerprint density at radius 3 is 2.46 bits per heavy atom. The molecule has 1 fully saturated rings. The summed E-state index contributed by atoms with van der Waals surface area (Å²) in [6.45, 7) is 6.15. The number of hydrogen-bond acceptors (Lipinski definition) is 5. The van der Waals surface area contributed by atoms with Crippen molar-refractivity contribution >= 4 is 28.1 Å². The molecule has 3 N–H and O–H groups in total. The van der Waals surface area contributed by atoms with E-state index in [0.717, 1.165) is 11.1 Å². The molecule has 2 amide bonds. The van der Waals surface area contributed by atoms with E-state index in [1.807, 2.05) is 32.9 Å². The van der Waals surface area contributed by atoms with Gasteiger partial charge in [-0.15, -0.1) is 0 Å². The van der Waals surface area contributed by atoms with Crippen LogP contribution < -0.4 is 10.1 Å². The first kappa shape index (κ1) is 27.4. The van der Waals surface area contributed by atoms with Gasteiger partial charge in [0.1, 0.15) is 17.6 Å². The van der Waals surface area contributed by atoms with E-state index in [1.54, 1.807) is 30.2 Å². The Morgan fingerprint density at radius 1 is 1.14 bits per heavy atom. The van der Waals surface area contributed by atoms with Crippen molar-refractivity contribution in [3.63, 3.8) is 0 Å². The van der Waals surface area contributed by atoms with Crippen LogP contribution in [0, 0.1) is 11.7 Å². The molecule has 0 spiro atoms. The fraction of sp³-hybridized carbons (Fsp3) is 0.500. The third kappa shape index (κ3) is 6.27. The maximum atomic E-state index is 14.8. The van der Waals surface area contributed by atoms with E-state index in [9.17, 15) is 23.1 Å². The van der Waals surface area contributed by atoms with Crippen LogP contribution in [0.25, 0.3) is 0 Å². The molecule has 9 heteroatoms. The summed E-state index contributed by atoms with van der Waals surface area (Å²) in [4.78, 5) is 28.7. The number of carbonyl (C=O) groups is 2. The van der Waals surface area contributed by atoms with Gasteiger partial charge in [-0.3, -0.25) is 18.7 Å². The molecule has 0 aromatic heterocycles. The third-order valence-electron chi connectivity index (χ3n) is 7.36. The highest BCUT2D eigenvalue weighted by atomic mass is 32.3. The molecule has 0 radical (unpaired) electrons. The van der Waals surface area contributed by atoms with Gasteiger partial charge >= 0.3 is 0 Å². The Balaban J connectivity index is 1.59. The van der Waals surface area contributed by atoms with Crippen molar-refractivity contribution in [3.05, 3.63) is 58.9 Å². The zero-order valence-electron chi connectivity index (χ0n) is 21.9. The molecule has 2 aromatic carbocycles. The minimum Gasteiger partial charge on any atom is -0.497 e. The van der Waals surface area contributed by atoms with Gasteiger partial charge in [-0.05, 0) is 71.6 Å². The van der Waals surface area contributed by atoms with Gasteiger partial charge < -0.3 is 15.0 Å². The van der Waals surface area contributed by atoms with Gasteiger partial charge in [-0.25, -0.2) is 4.39 Å². The smallest absolute Gasteiger partial charge is 0.251 e. The second-order valence-electron chi connectivity index (χ2n) is 11.1. The molecule has 1 atom stereocenters. The molecular weight excluding hydrogens is 495 g/mol. The minimum atomic E-state index is -2.53. The van der Waals surface area contributed by atoms with Gasteiger partial charge in [0.25, 0.3) is 5.91 Å². The fourth-order valence-electron chi connectivity index (χ4n) is 5.22. The van der Waals surface area contributed by atoms with Crippen LogP contribution >= 0.6 is 10.6 Å². The highest BCUT2D eigenvalue weighted by molar-refractivity contribution is 8.24. The fourth-order valence-corrected chi connectivity index (χ4v) is 6.84. The van der Waals surface area contributed by atoms with E-state index < -0.39 is 28.4 Å². The van der Waals surface area contributed by atoms with Crippen molar-refractivity contribution in [2.75, 3.05) is 30.5 Å². The number of hydrogen-bond donors (Lipinski definition) is 3. The Bertz CT molecular complexity index is 1170. The summed E-state index contributed by atoms with van der Waals surface area (Å²) < 4.78 is 40.0. The number of methoxy groups -OCH3 is 1. The van der Waals surface area contributed by atoms with Crippen LogP contribution in [0.3, 0.4) is 0 Å². The summed E-state index contributed by atoms with van der Waals surface area (Å²) in [5.41, 5.74) is 2.18. The van der Waals surface area contributed by atoms with Gasteiger partial charge in [-0.1, -0.05) is 32.9 Å². The first-order valence-electron chi connectivity index (χ1n) is 12.7. The molecule has 0 bridgehead atoms. The highest BCUT2D eigenvalue weighted by Crippen LogP contribution is 2.46. The molecule has 0 aliphatic carbocycles. The van der Waals surface area contributed by atoms with Gasteiger partial charge in [0, 0.05) is 30.2 Å². The van der Waals surface area contributed by atoms with Gasteiger partial charge in [0.05, 0.1) is 7.11 Å². The number of amides is 2. The molecule has 7 nitrogen and oxygen atoms in total. The van der Waals surface area contributed by atoms with Crippen molar-refractivity contribution in [2.45, 2.75) is 57.9 Å². The predicted molar refractivity (Wildman–Crippen MR) is 145 cm³/mol. The molecule has 202 valence electrons. The number of rotatable bonds is 5. The SMILES string of the molecule is COc1ccc2c(c1)CCN(C(=O)CC1CCS(O)(O)CC1)[C@H]2C(=O)Nc1ccc(C(C)(C)C)c(F)c1. The molecular formula is C28H37FN2O5S. The highest BCUT2D eigenvalue weighted by Gasteiger charge is 2.37. The van der Waals surface area contributed by atoms with Crippen LogP contribution in [0.2, 0.25) is 0 Å². The van der Waals surface area contributed by atoms with Gasteiger partial charge in [-0.2, -0.15) is 10.6 Å². The largest absolute Gasteiger partial charge is 0.497 e. The maximum absolute atomic E-state index is 14.8. The minimum absolute atomic E-state index is 0.0486. The molecule has 0 unspecified atom stereocenters. The molecule has 0 saturated carbocycles. The quantitative estimate of drug-likeness (QED) is 0.456. The zero-order valence-corrected chi connectivity index (χ0v) is 22.7.